The number of nitriles is 2. The average molecular weight is 319 g/mol. The molecule has 24 heavy (non-hydrogen) atoms. The van der Waals surface area contributed by atoms with Crippen LogP contribution in [0.25, 0.3) is 0 Å². The fourth-order valence-electron chi connectivity index (χ4n) is 1.91. The van der Waals surface area contributed by atoms with Gasteiger partial charge in [0.2, 0.25) is 0 Å². The molecule has 0 saturated carbocycles. The fraction of sp³-hybridized carbons (Fsp3) is 0.111. The van der Waals surface area contributed by atoms with Crippen molar-refractivity contribution >= 4 is 17.6 Å². The fourth-order valence-corrected chi connectivity index (χ4v) is 1.91. The second-order valence-corrected chi connectivity index (χ2v) is 4.92. The van der Waals surface area contributed by atoms with Crippen molar-refractivity contribution in [1.29, 1.82) is 10.5 Å². The number of carbonyl (C=O) groups excluding carboxylic acids is 2. The van der Waals surface area contributed by atoms with Crippen LogP contribution in [0.2, 0.25) is 0 Å². The summed E-state index contributed by atoms with van der Waals surface area (Å²) in [4.78, 5) is 24.1. The summed E-state index contributed by atoms with van der Waals surface area (Å²) in [6.45, 7) is 1.44. The summed E-state index contributed by atoms with van der Waals surface area (Å²) in [6, 6.07) is 16.3. The van der Waals surface area contributed by atoms with Crippen LogP contribution in [0.3, 0.4) is 0 Å². The van der Waals surface area contributed by atoms with Crippen molar-refractivity contribution in [3.63, 3.8) is 0 Å². The Labute approximate surface area is 138 Å². The Morgan fingerprint density at radius 2 is 1.67 bits per heavy atom. The number of amides is 1. The molecule has 2 aromatic carbocycles. The molecule has 1 unspecified atom stereocenters. The Kier molecular flexibility index (Phi) is 5.28. The van der Waals surface area contributed by atoms with Crippen molar-refractivity contribution in [2.24, 2.45) is 0 Å². The van der Waals surface area contributed by atoms with Crippen molar-refractivity contribution in [3.05, 3.63) is 65.2 Å². The zero-order chi connectivity index (χ0) is 17.5. The first kappa shape index (κ1) is 16.7. The van der Waals surface area contributed by atoms with Gasteiger partial charge in [-0.05, 0) is 43.3 Å². The van der Waals surface area contributed by atoms with Gasteiger partial charge < -0.3 is 10.1 Å². The molecule has 2 rings (SSSR count). The van der Waals surface area contributed by atoms with Gasteiger partial charge in [0, 0.05) is 5.69 Å². The lowest BCUT2D eigenvalue weighted by molar-refractivity contribution is -0.123. The third-order valence-electron chi connectivity index (χ3n) is 3.14. The second kappa shape index (κ2) is 7.57. The van der Waals surface area contributed by atoms with Crippen LogP contribution in [0.5, 0.6) is 0 Å². The van der Waals surface area contributed by atoms with E-state index in [2.05, 4.69) is 5.32 Å². The summed E-state index contributed by atoms with van der Waals surface area (Å²) in [5, 5.41) is 20.2. The van der Waals surface area contributed by atoms with Crippen LogP contribution in [0, 0.1) is 22.7 Å². The number of nitrogens with one attached hydrogen (secondary N) is 1. The molecule has 0 aliphatic carbocycles. The van der Waals surface area contributed by atoms with Crippen molar-refractivity contribution in [3.8, 4) is 12.1 Å². The van der Waals surface area contributed by atoms with Crippen LogP contribution >= 0.6 is 0 Å². The molecule has 1 amide bonds. The normalized spacial score (nSPS) is 10.8. The van der Waals surface area contributed by atoms with Gasteiger partial charge in [0.25, 0.3) is 5.91 Å². The highest BCUT2D eigenvalue weighted by atomic mass is 16.5. The van der Waals surface area contributed by atoms with Gasteiger partial charge in [0.1, 0.15) is 0 Å². The molecular weight excluding hydrogens is 306 g/mol. The predicted octanol–water partition coefficient (Wildman–Crippen LogP) is 2.61. The number of benzene rings is 2. The van der Waals surface area contributed by atoms with Crippen LogP contribution in [0.4, 0.5) is 5.69 Å². The lowest BCUT2D eigenvalue weighted by Gasteiger charge is -2.13. The summed E-state index contributed by atoms with van der Waals surface area (Å²) < 4.78 is 5.10. The Bertz CT molecular complexity index is 862. The van der Waals surface area contributed by atoms with Crippen LogP contribution in [0.15, 0.2) is 48.5 Å². The monoisotopic (exact) mass is 319 g/mol. The highest BCUT2D eigenvalue weighted by Gasteiger charge is 2.19. The molecule has 6 nitrogen and oxygen atoms in total. The molecule has 1 atom stereocenters. The van der Waals surface area contributed by atoms with Crippen molar-refractivity contribution in [1.82, 2.24) is 0 Å². The molecule has 0 radical (unpaired) electrons. The van der Waals surface area contributed by atoms with Gasteiger partial charge in [-0.2, -0.15) is 10.5 Å². The second-order valence-electron chi connectivity index (χ2n) is 4.92. The Morgan fingerprint density at radius 1 is 1.04 bits per heavy atom. The van der Waals surface area contributed by atoms with Crippen molar-refractivity contribution in [2.45, 2.75) is 13.0 Å². The van der Waals surface area contributed by atoms with Crippen LogP contribution in [-0.2, 0) is 9.53 Å². The van der Waals surface area contributed by atoms with Gasteiger partial charge in [-0.1, -0.05) is 12.1 Å². The van der Waals surface area contributed by atoms with E-state index in [0.717, 1.165) is 0 Å². The standard InChI is InChI=1S/C18H13N3O3/c1-12(17(22)21-16-7-3-5-14(9-16)11-20)24-18(23)15-6-2-4-13(8-15)10-19/h2-9,12H,1H3,(H,21,22). The smallest absolute Gasteiger partial charge is 0.338 e. The number of hydrogen-bond acceptors (Lipinski definition) is 5. The third-order valence-corrected chi connectivity index (χ3v) is 3.14. The molecule has 0 spiro atoms. The topological polar surface area (TPSA) is 103 Å². The maximum absolute atomic E-state index is 12.1. The van der Waals surface area contributed by atoms with Gasteiger partial charge in [-0.15, -0.1) is 0 Å². The molecule has 1 N–H and O–H groups in total. The molecule has 0 saturated heterocycles. The van der Waals surface area contributed by atoms with Crippen molar-refractivity contribution < 1.29 is 14.3 Å². The van der Waals surface area contributed by atoms with Gasteiger partial charge in [0.15, 0.2) is 6.10 Å². The van der Waals surface area contributed by atoms with E-state index in [4.69, 9.17) is 15.3 Å². The summed E-state index contributed by atoms with van der Waals surface area (Å²) in [7, 11) is 0. The van der Waals surface area contributed by atoms with E-state index in [1.807, 2.05) is 12.1 Å². The molecule has 0 aromatic heterocycles. The average Bonchev–Trinajstić information content (AvgIpc) is 2.61. The highest BCUT2D eigenvalue weighted by Crippen LogP contribution is 2.12. The third kappa shape index (κ3) is 4.19. The van der Waals surface area contributed by atoms with Crippen molar-refractivity contribution in [2.75, 3.05) is 5.32 Å². The minimum Gasteiger partial charge on any atom is -0.449 e. The number of nitrogens with zero attached hydrogens (tertiary/aromatic N) is 2. The van der Waals surface area contributed by atoms with Gasteiger partial charge >= 0.3 is 5.97 Å². The van der Waals surface area contributed by atoms with E-state index in [0.29, 0.717) is 16.8 Å². The first-order valence-corrected chi connectivity index (χ1v) is 7.05. The van der Waals surface area contributed by atoms with Crippen LogP contribution < -0.4 is 5.32 Å². The van der Waals surface area contributed by atoms with Crippen LogP contribution in [0.1, 0.15) is 28.4 Å². The summed E-state index contributed by atoms with van der Waals surface area (Å²) in [5.41, 5.74) is 1.37. The number of anilines is 1. The Morgan fingerprint density at radius 3 is 2.33 bits per heavy atom. The summed E-state index contributed by atoms with van der Waals surface area (Å²) in [6.07, 6.45) is -1.03. The van der Waals surface area contributed by atoms with E-state index in [9.17, 15) is 9.59 Å². The number of carbonyl (C=O) groups is 2. The van der Waals surface area contributed by atoms with Gasteiger partial charge in [0.05, 0.1) is 28.8 Å². The van der Waals surface area contributed by atoms with E-state index in [1.54, 1.807) is 30.3 Å². The zero-order valence-corrected chi connectivity index (χ0v) is 12.8. The molecule has 118 valence electrons. The predicted molar refractivity (Wildman–Crippen MR) is 85.8 cm³/mol. The number of ether oxygens (including phenoxy) is 1. The highest BCUT2D eigenvalue weighted by molar-refractivity contribution is 5.97. The van der Waals surface area contributed by atoms with Gasteiger partial charge in [-0.25, -0.2) is 4.79 Å². The number of hydrogen-bond donors (Lipinski definition) is 1. The molecule has 0 aliphatic heterocycles. The number of rotatable bonds is 4. The zero-order valence-electron chi connectivity index (χ0n) is 12.8. The SMILES string of the molecule is CC(OC(=O)c1cccc(C#N)c1)C(=O)Nc1cccc(C#N)c1. The van der Waals surface area contributed by atoms with E-state index < -0.39 is 18.0 Å². The molecule has 0 fully saturated rings. The summed E-state index contributed by atoms with van der Waals surface area (Å²) in [5.74, 6) is -1.21. The lowest BCUT2D eigenvalue weighted by Crippen LogP contribution is -2.30. The first-order valence-electron chi connectivity index (χ1n) is 7.05. The number of esters is 1. The van der Waals surface area contributed by atoms with Crippen LogP contribution in [-0.4, -0.2) is 18.0 Å². The molecule has 0 heterocycles. The maximum Gasteiger partial charge on any atom is 0.338 e. The molecule has 6 heteroatoms. The molecule has 0 bridgehead atoms. The minimum absolute atomic E-state index is 0.195. The van der Waals surface area contributed by atoms with E-state index in [1.165, 1.54) is 25.1 Å². The largest absolute Gasteiger partial charge is 0.449 e. The quantitative estimate of drug-likeness (QED) is 0.872. The van der Waals surface area contributed by atoms with Gasteiger partial charge in [-0.3, -0.25) is 4.79 Å². The molecule has 2 aromatic rings. The summed E-state index contributed by atoms with van der Waals surface area (Å²) >= 11 is 0. The first-order chi connectivity index (χ1) is 11.5. The molecule has 0 aliphatic rings. The minimum atomic E-state index is -1.03. The van der Waals surface area contributed by atoms with E-state index >= 15 is 0 Å². The Hall–Kier alpha value is -3.64. The lowest BCUT2D eigenvalue weighted by atomic mass is 10.1. The maximum atomic E-state index is 12.1. The van der Waals surface area contributed by atoms with E-state index in [-0.39, 0.29) is 5.56 Å². The molecular formula is C18H13N3O3. The Balaban J connectivity index is 2.01.